The molecule has 0 bridgehead atoms. The van der Waals surface area contributed by atoms with E-state index in [4.69, 9.17) is 0 Å². The van der Waals surface area contributed by atoms with Crippen molar-refractivity contribution in [1.29, 1.82) is 0 Å². The van der Waals surface area contributed by atoms with Crippen molar-refractivity contribution in [3.05, 3.63) is 59.7 Å². The maximum absolute atomic E-state index is 12.7. The Kier molecular flexibility index (Phi) is 7.05. The van der Waals surface area contributed by atoms with Crippen molar-refractivity contribution in [2.24, 2.45) is 0 Å². The molecular formula is C22H29N3O3S. The van der Waals surface area contributed by atoms with E-state index in [1.807, 2.05) is 25.2 Å². The number of carbonyl (C=O) groups is 1. The third-order valence-electron chi connectivity index (χ3n) is 5.16. The molecule has 1 heterocycles. The molecule has 2 aromatic rings. The third-order valence-corrected chi connectivity index (χ3v) is 6.62. The first-order valence-electron chi connectivity index (χ1n) is 10.00. The highest BCUT2D eigenvalue weighted by atomic mass is 32.2. The Morgan fingerprint density at radius 2 is 1.93 bits per heavy atom. The van der Waals surface area contributed by atoms with E-state index in [-0.39, 0.29) is 10.8 Å². The fourth-order valence-electron chi connectivity index (χ4n) is 3.68. The molecule has 0 saturated carbocycles. The molecule has 1 amide bonds. The van der Waals surface area contributed by atoms with E-state index in [9.17, 15) is 13.2 Å². The molecule has 3 rings (SSSR count). The SMILES string of the molecule is CC(=O)N1CCCc2cc(S(=O)(=O)NCCCN(C)Cc3ccccc3)ccc21. The molecule has 2 aromatic carbocycles. The van der Waals surface area contributed by atoms with Gasteiger partial charge in [-0.3, -0.25) is 4.79 Å². The van der Waals surface area contributed by atoms with Crippen molar-refractivity contribution in [3.63, 3.8) is 0 Å². The number of amides is 1. The minimum absolute atomic E-state index is 0.0145. The second kappa shape index (κ2) is 9.52. The molecule has 0 aromatic heterocycles. The molecule has 0 radical (unpaired) electrons. The van der Waals surface area contributed by atoms with Crippen LogP contribution in [0.1, 0.15) is 30.9 Å². The molecule has 0 aliphatic carbocycles. The first kappa shape index (κ1) is 21.5. The Balaban J connectivity index is 1.54. The summed E-state index contributed by atoms with van der Waals surface area (Å²) in [5.41, 5.74) is 2.98. The van der Waals surface area contributed by atoms with Crippen LogP contribution >= 0.6 is 0 Å². The van der Waals surface area contributed by atoms with Crippen LogP contribution < -0.4 is 9.62 Å². The van der Waals surface area contributed by atoms with Gasteiger partial charge in [0.2, 0.25) is 15.9 Å². The van der Waals surface area contributed by atoms with Crippen LogP contribution in [0.3, 0.4) is 0 Å². The number of fused-ring (bicyclic) bond motifs is 1. The van der Waals surface area contributed by atoms with Crippen LogP contribution in [0, 0.1) is 0 Å². The molecule has 1 N–H and O–H groups in total. The Hall–Kier alpha value is -2.22. The Labute approximate surface area is 173 Å². The van der Waals surface area contributed by atoms with E-state index in [0.717, 1.165) is 43.6 Å². The minimum atomic E-state index is -3.56. The van der Waals surface area contributed by atoms with Crippen molar-refractivity contribution < 1.29 is 13.2 Å². The normalized spacial score (nSPS) is 14.1. The van der Waals surface area contributed by atoms with Crippen LogP contribution in [0.25, 0.3) is 0 Å². The maximum atomic E-state index is 12.7. The molecule has 29 heavy (non-hydrogen) atoms. The number of carbonyl (C=O) groups excluding carboxylic acids is 1. The highest BCUT2D eigenvalue weighted by Crippen LogP contribution is 2.29. The molecule has 0 saturated heterocycles. The number of nitrogens with zero attached hydrogens (tertiary/aromatic N) is 2. The lowest BCUT2D eigenvalue weighted by Gasteiger charge is -2.28. The molecule has 7 heteroatoms. The Morgan fingerprint density at radius 1 is 1.17 bits per heavy atom. The van der Waals surface area contributed by atoms with Gasteiger partial charge in [-0.2, -0.15) is 0 Å². The van der Waals surface area contributed by atoms with Crippen molar-refractivity contribution >= 4 is 21.6 Å². The van der Waals surface area contributed by atoms with Crippen LogP contribution in [0.15, 0.2) is 53.4 Å². The van der Waals surface area contributed by atoms with Gasteiger partial charge in [-0.15, -0.1) is 0 Å². The first-order chi connectivity index (χ1) is 13.9. The fraction of sp³-hybridized carbons (Fsp3) is 0.409. The van der Waals surface area contributed by atoms with Crippen LogP contribution in [0.4, 0.5) is 5.69 Å². The van der Waals surface area contributed by atoms with Crippen LogP contribution in [0.5, 0.6) is 0 Å². The van der Waals surface area contributed by atoms with Crippen LogP contribution in [-0.4, -0.2) is 45.9 Å². The molecular weight excluding hydrogens is 386 g/mol. The number of rotatable bonds is 8. The Bertz CT molecular complexity index is 945. The first-order valence-corrected chi connectivity index (χ1v) is 11.5. The number of hydrogen-bond donors (Lipinski definition) is 1. The van der Waals surface area contributed by atoms with Gasteiger partial charge in [0.15, 0.2) is 0 Å². The lowest BCUT2D eigenvalue weighted by Crippen LogP contribution is -2.34. The number of benzene rings is 2. The summed E-state index contributed by atoms with van der Waals surface area (Å²) in [6, 6.07) is 15.2. The van der Waals surface area contributed by atoms with Gasteiger partial charge < -0.3 is 9.80 Å². The third kappa shape index (κ3) is 5.65. The van der Waals surface area contributed by atoms with Gasteiger partial charge >= 0.3 is 0 Å². The van der Waals surface area contributed by atoms with E-state index < -0.39 is 10.0 Å². The zero-order chi connectivity index (χ0) is 20.9. The Morgan fingerprint density at radius 3 is 2.66 bits per heavy atom. The minimum Gasteiger partial charge on any atom is -0.312 e. The van der Waals surface area contributed by atoms with Gasteiger partial charge in [0, 0.05) is 32.2 Å². The van der Waals surface area contributed by atoms with Gasteiger partial charge in [0.1, 0.15) is 0 Å². The second-order valence-electron chi connectivity index (χ2n) is 7.54. The molecule has 1 aliphatic heterocycles. The lowest BCUT2D eigenvalue weighted by atomic mass is 10.0. The van der Waals surface area contributed by atoms with E-state index in [1.165, 1.54) is 12.5 Å². The highest BCUT2D eigenvalue weighted by molar-refractivity contribution is 7.89. The van der Waals surface area contributed by atoms with E-state index >= 15 is 0 Å². The summed E-state index contributed by atoms with van der Waals surface area (Å²) in [7, 11) is -1.53. The van der Waals surface area contributed by atoms with Crippen molar-refractivity contribution in [2.75, 3.05) is 31.6 Å². The van der Waals surface area contributed by atoms with E-state index in [2.05, 4.69) is 21.8 Å². The summed E-state index contributed by atoms with van der Waals surface area (Å²) in [5.74, 6) is -0.0145. The molecule has 0 spiro atoms. The largest absolute Gasteiger partial charge is 0.312 e. The topological polar surface area (TPSA) is 69.7 Å². The van der Waals surface area contributed by atoms with Crippen LogP contribution in [0.2, 0.25) is 0 Å². The molecule has 156 valence electrons. The number of aryl methyl sites for hydroxylation is 1. The quantitative estimate of drug-likeness (QED) is 0.673. The predicted molar refractivity (Wildman–Crippen MR) is 115 cm³/mol. The summed E-state index contributed by atoms with van der Waals surface area (Å²) in [4.78, 5) is 15.9. The zero-order valence-electron chi connectivity index (χ0n) is 17.1. The molecule has 0 atom stereocenters. The molecule has 1 aliphatic rings. The molecule has 6 nitrogen and oxygen atoms in total. The van der Waals surface area contributed by atoms with Crippen molar-refractivity contribution in [1.82, 2.24) is 9.62 Å². The average molecular weight is 416 g/mol. The molecule has 0 fully saturated rings. The number of hydrogen-bond acceptors (Lipinski definition) is 4. The van der Waals surface area contributed by atoms with Gasteiger partial charge in [0.25, 0.3) is 0 Å². The summed E-state index contributed by atoms with van der Waals surface area (Å²) < 4.78 is 28.0. The lowest BCUT2D eigenvalue weighted by molar-refractivity contribution is -0.116. The average Bonchev–Trinajstić information content (AvgIpc) is 2.71. The summed E-state index contributed by atoms with van der Waals surface area (Å²) in [6.45, 7) is 4.25. The number of anilines is 1. The fourth-order valence-corrected chi connectivity index (χ4v) is 4.81. The summed E-state index contributed by atoms with van der Waals surface area (Å²) in [6.07, 6.45) is 2.36. The van der Waals surface area contributed by atoms with Gasteiger partial charge in [-0.05, 0) is 62.2 Å². The molecule has 0 unspecified atom stereocenters. The summed E-state index contributed by atoms with van der Waals surface area (Å²) in [5, 5.41) is 0. The predicted octanol–water partition coefficient (Wildman–Crippen LogP) is 2.79. The van der Waals surface area contributed by atoms with Gasteiger partial charge in [0.05, 0.1) is 4.90 Å². The van der Waals surface area contributed by atoms with Crippen molar-refractivity contribution in [2.45, 2.75) is 37.6 Å². The smallest absolute Gasteiger partial charge is 0.240 e. The van der Waals surface area contributed by atoms with E-state index in [0.29, 0.717) is 13.1 Å². The standard InChI is InChI=1S/C22H29N3O3S/c1-18(26)25-15-6-10-20-16-21(11-12-22(20)25)29(27,28)23-13-7-14-24(2)17-19-8-4-3-5-9-19/h3-5,8-9,11-12,16,23H,6-7,10,13-15,17H2,1-2H3. The number of sulfonamides is 1. The van der Waals surface area contributed by atoms with Gasteiger partial charge in [-0.1, -0.05) is 30.3 Å². The number of nitrogens with one attached hydrogen (secondary N) is 1. The van der Waals surface area contributed by atoms with Gasteiger partial charge in [-0.25, -0.2) is 13.1 Å². The zero-order valence-corrected chi connectivity index (χ0v) is 17.9. The highest BCUT2D eigenvalue weighted by Gasteiger charge is 2.22. The van der Waals surface area contributed by atoms with Crippen molar-refractivity contribution in [3.8, 4) is 0 Å². The van der Waals surface area contributed by atoms with Crippen LogP contribution in [-0.2, 0) is 27.8 Å². The second-order valence-corrected chi connectivity index (χ2v) is 9.31. The monoisotopic (exact) mass is 415 g/mol. The van der Waals surface area contributed by atoms with E-state index in [1.54, 1.807) is 23.1 Å². The summed E-state index contributed by atoms with van der Waals surface area (Å²) >= 11 is 0. The maximum Gasteiger partial charge on any atom is 0.240 e.